The lowest BCUT2D eigenvalue weighted by molar-refractivity contribution is -0.132. The number of ether oxygens (including phenoxy) is 1. The van der Waals surface area contributed by atoms with Gasteiger partial charge in [-0.05, 0) is 31.0 Å². The van der Waals surface area contributed by atoms with E-state index >= 15 is 0 Å². The molecule has 6 nitrogen and oxygen atoms in total. The fourth-order valence-corrected chi connectivity index (χ4v) is 3.06. The van der Waals surface area contributed by atoms with Crippen molar-refractivity contribution >= 4 is 35.8 Å². The highest BCUT2D eigenvalue weighted by molar-refractivity contribution is 14.0. The molecule has 0 spiro atoms. The Morgan fingerprint density at radius 3 is 2.78 bits per heavy atom. The van der Waals surface area contributed by atoms with Crippen LogP contribution in [-0.4, -0.2) is 56.6 Å². The molecule has 1 aliphatic heterocycles. The van der Waals surface area contributed by atoms with Crippen molar-refractivity contribution in [1.82, 2.24) is 15.5 Å². The first-order valence-electron chi connectivity index (χ1n) is 9.29. The summed E-state index contributed by atoms with van der Waals surface area (Å²) in [5.74, 6) is 1.87. The first-order chi connectivity index (χ1) is 12.4. The first-order valence-corrected chi connectivity index (χ1v) is 9.29. The molecule has 1 amide bonds. The zero-order valence-electron chi connectivity index (χ0n) is 17.0. The number of methoxy groups -OCH3 is 1. The number of likely N-dealkylation sites (tertiary alicyclic amines) is 1. The molecular formula is C20H33IN4O2. The van der Waals surface area contributed by atoms with Crippen molar-refractivity contribution in [2.24, 2.45) is 4.99 Å². The van der Waals surface area contributed by atoms with Crippen molar-refractivity contribution in [2.45, 2.75) is 45.1 Å². The summed E-state index contributed by atoms with van der Waals surface area (Å²) < 4.78 is 5.34. The van der Waals surface area contributed by atoms with Crippen LogP contribution in [0.15, 0.2) is 29.3 Å². The maximum absolute atomic E-state index is 11.7. The second-order valence-electron chi connectivity index (χ2n) is 7.47. The van der Waals surface area contributed by atoms with Gasteiger partial charge >= 0.3 is 0 Å². The predicted octanol–water partition coefficient (Wildman–Crippen LogP) is 2.77. The Hall–Kier alpha value is -1.51. The first kappa shape index (κ1) is 23.5. The van der Waals surface area contributed by atoms with Crippen LogP contribution < -0.4 is 15.4 Å². The number of benzene rings is 1. The number of rotatable bonds is 6. The van der Waals surface area contributed by atoms with Crippen LogP contribution in [0, 0.1) is 0 Å². The largest absolute Gasteiger partial charge is 0.497 e. The number of hydrogen-bond donors (Lipinski definition) is 2. The number of halogens is 1. The zero-order chi connectivity index (χ0) is 19.2. The van der Waals surface area contributed by atoms with E-state index in [1.165, 1.54) is 5.56 Å². The van der Waals surface area contributed by atoms with Gasteiger partial charge in [0, 0.05) is 38.0 Å². The zero-order valence-corrected chi connectivity index (χ0v) is 19.4. The van der Waals surface area contributed by atoms with E-state index in [2.05, 4.69) is 43.5 Å². The molecule has 2 N–H and O–H groups in total. The fraction of sp³-hybridized carbons (Fsp3) is 0.600. The molecule has 0 saturated carbocycles. The van der Waals surface area contributed by atoms with Gasteiger partial charge in [-0.2, -0.15) is 0 Å². The standard InChI is InChI=1S/C20H32N4O2.HI/c1-6-21-19(23-16-10-11-18(25)24(4)13-16)22-14-20(2,3)15-8-7-9-17(12-15)26-5;/h7-9,12,16H,6,10-11,13-14H2,1-5H3,(H2,21,22,23);1H. The van der Waals surface area contributed by atoms with Gasteiger partial charge in [0.1, 0.15) is 5.75 Å². The Bertz CT molecular complexity index is 649. The fourth-order valence-electron chi connectivity index (χ4n) is 3.06. The normalized spacial score (nSPS) is 18.0. The topological polar surface area (TPSA) is 66.0 Å². The Morgan fingerprint density at radius 2 is 2.15 bits per heavy atom. The van der Waals surface area contributed by atoms with Gasteiger partial charge in [0.15, 0.2) is 5.96 Å². The Morgan fingerprint density at radius 1 is 1.41 bits per heavy atom. The summed E-state index contributed by atoms with van der Waals surface area (Å²) in [6.07, 6.45) is 1.43. The molecule has 1 aliphatic rings. The maximum Gasteiger partial charge on any atom is 0.222 e. The van der Waals surface area contributed by atoms with Crippen LogP contribution in [0.3, 0.4) is 0 Å². The predicted molar refractivity (Wildman–Crippen MR) is 121 cm³/mol. The SMILES string of the molecule is CCNC(=NCC(C)(C)c1cccc(OC)c1)NC1CCC(=O)N(C)C1.I. The summed E-state index contributed by atoms with van der Waals surface area (Å²) in [5.41, 5.74) is 1.08. The molecule has 1 aromatic carbocycles. The van der Waals surface area contributed by atoms with Crippen LogP contribution >= 0.6 is 24.0 Å². The minimum atomic E-state index is -0.115. The van der Waals surface area contributed by atoms with Crippen molar-refractivity contribution in [2.75, 3.05) is 33.8 Å². The second kappa shape index (κ2) is 10.7. The van der Waals surface area contributed by atoms with E-state index in [1.807, 2.05) is 19.2 Å². The third kappa shape index (κ3) is 6.86. The summed E-state index contributed by atoms with van der Waals surface area (Å²) in [7, 11) is 3.54. The molecule has 1 aromatic rings. The van der Waals surface area contributed by atoms with Gasteiger partial charge in [-0.3, -0.25) is 9.79 Å². The molecule has 0 bridgehead atoms. The summed E-state index contributed by atoms with van der Waals surface area (Å²) in [6, 6.07) is 8.38. The minimum absolute atomic E-state index is 0. The third-order valence-electron chi connectivity index (χ3n) is 4.80. The molecule has 0 aliphatic carbocycles. The van der Waals surface area contributed by atoms with E-state index in [9.17, 15) is 4.79 Å². The summed E-state index contributed by atoms with van der Waals surface area (Å²) in [4.78, 5) is 18.2. The molecule has 0 aromatic heterocycles. The highest BCUT2D eigenvalue weighted by Crippen LogP contribution is 2.26. The molecule has 1 saturated heterocycles. The van der Waals surface area contributed by atoms with Gasteiger partial charge in [0.2, 0.25) is 5.91 Å². The molecular weight excluding hydrogens is 455 g/mol. The molecule has 2 rings (SSSR count). The Balaban J connectivity index is 0.00000364. The summed E-state index contributed by atoms with van der Waals surface area (Å²) in [6.45, 7) is 8.58. The van der Waals surface area contributed by atoms with Crippen LogP contribution in [0.25, 0.3) is 0 Å². The quantitative estimate of drug-likeness (QED) is 0.367. The third-order valence-corrected chi connectivity index (χ3v) is 4.80. The summed E-state index contributed by atoms with van der Waals surface area (Å²) in [5, 5.41) is 6.79. The van der Waals surface area contributed by atoms with Crippen molar-refractivity contribution in [3.05, 3.63) is 29.8 Å². The number of aliphatic imine (C=N–C) groups is 1. The van der Waals surface area contributed by atoms with Crippen LogP contribution in [0.4, 0.5) is 0 Å². The smallest absolute Gasteiger partial charge is 0.222 e. The lowest BCUT2D eigenvalue weighted by atomic mass is 9.84. The number of hydrogen-bond acceptors (Lipinski definition) is 3. The maximum atomic E-state index is 11.7. The van der Waals surface area contributed by atoms with Crippen LogP contribution in [0.1, 0.15) is 39.2 Å². The minimum Gasteiger partial charge on any atom is -0.497 e. The van der Waals surface area contributed by atoms with E-state index in [-0.39, 0.29) is 41.3 Å². The number of guanidine groups is 1. The average Bonchev–Trinajstić information content (AvgIpc) is 2.63. The number of likely N-dealkylation sites (N-methyl/N-ethyl adjacent to an activating group) is 1. The molecule has 1 heterocycles. The van der Waals surface area contributed by atoms with Crippen molar-refractivity contribution in [1.29, 1.82) is 0 Å². The molecule has 0 radical (unpaired) electrons. The number of piperidine rings is 1. The Kier molecular flexibility index (Phi) is 9.35. The molecule has 1 unspecified atom stereocenters. The van der Waals surface area contributed by atoms with Crippen LogP contribution in [0.5, 0.6) is 5.75 Å². The molecule has 7 heteroatoms. The summed E-state index contributed by atoms with van der Waals surface area (Å²) >= 11 is 0. The molecule has 1 atom stereocenters. The molecule has 1 fully saturated rings. The molecule has 27 heavy (non-hydrogen) atoms. The number of nitrogens with one attached hydrogen (secondary N) is 2. The highest BCUT2D eigenvalue weighted by atomic mass is 127. The van der Waals surface area contributed by atoms with E-state index in [0.29, 0.717) is 19.5 Å². The van der Waals surface area contributed by atoms with Crippen molar-refractivity contribution in [3.63, 3.8) is 0 Å². The lowest BCUT2D eigenvalue weighted by Crippen LogP contribution is -2.52. The number of amides is 1. The molecule has 152 valence electrons. The van der Waals surface area contributed by atoms with Gasteiger partial charge in [0.05, 0.1) is 13.7 Å². The van der Waals surface area contributed by atoms with Crippen molar-refractivity contribution < 1.29 is 9.53 Å². The Labute approximate surface area is 180 Å². The van der Waals surface area contributed by atoms with Gasteiger partial charge in [-0.25, -0.2) is 0 Å². The monoisotopic (exact) mass is 488 g/mol. The highest BCUT2D eigenvalue weighted by Gasteiger charge is 2.24. The van der Waals surface area contributed by atoms with E-state index < -0.39 is 0 Å². The van der Waals surface area contributed by atoms with Gasteiger partial charge in [0.25, 0.3) is 0 Å². The van der Waals surface area contributed by atoms with Gasteiger partial charge < -0.3 is 20.3 Å². The van der Waals surface area contributed by atoms with Gasteiger partial charge in [-0.1, -0.05) is 26.0 Å². The van der Waals surface area contributed by atoms with E-state index in [0.717, 1.165) is 24.7 Å². The number of nitrogens with zero attached hydrogens (tertiary/aromatic N) is 2. The van der Waals surface area contributed by atoms with E-state index in [1.54, 1.807) is 12.0 Å². The number of carbonyl (C=O) groups is 1. The average molecular weight is 488 g/mol. The number of carbonyl (C=O) groups excluding carboxylic acids is 1. The van der Waals surface area contributed by atoms with Crippen molar-refractivity contribution in [3.8, 4) is 5.75 Å². The van der Waals surface area contributed by atoms with Crippen LogP contribution in [0.2, 0.25) is 0 Å². The van der Waals surface area contributed by atoms with E-state index in [4.69, 9.17) is 9.73 Å². The second-order valence-corrected chi connectivity index (χ2v) is 7.47. The van der Waals surface area contributed by atoms with Gasteiger partial charge in [-0.15, -0.1) is 24.0 Å². The van der Waals surface area contributed by atoms with Crippen LogP contribution in [-0.2, 0) is 10.2 Å². The lowest BCUT2D eigenvalue weighted by Gasteiger charge is -2.31.